The minimum atomic E-state index is -0.830. The Bertz CT molecular complexity index is 359. The highest BCUT2D eigenvalue weighted by molar-refractivity contribution is 5.67. The fourth-order valence-corrected chi connectivity index (χ4v) is 1.60. The van der Waals surface area contributed by atoms with Gasteiger partial charge in [0.05, 0.1) is 12.5 Å². The van der Waals surface area contributed by atoms with Crippen molar-refractivity contribution < 1.29 is 9.90 Å². The van der Waals surface area contributed by atoms with Crippen molar-refractivity contribution in [3.8, 4) is 0 Å². The summed E-state index contributed by atoms with van der Waals surface area (Å²) in [5.41, 5.74) is 0. The van der Waals surface area contributed by atoms with Crippen molar-refractivity contribution in [1.82, 2.24) is 20.2 Å². The lowest BCUT2D eigenvalue weighted by Crippen LogP contribution is -2.22. The molecule has 0 bridgehead atoms. The normalized spacial score (nSPS) is 13.4. The first-order valence-corrected chi connectivity index (χ1v) is 5.43. The first-order valence-electron chi connectivity index (χ1n) is 5.43. The number of aromatic nitrogens is 4. The third-order valence-corrected chi connectivity index (χ3v) is 2.50. The van der Waals surface area contributed by atoms with Gasteiger partial charge in [0.15, 0.2) is 5.82 Å². The minimum absolute atomic E-state index is 0.0441. The number of hydrogen-bond acceptors (Lipinski definition) is 4. The Hall–Kier alpha value is -1.46. The number of carbonyl (C=O) groups is 1. The molecular formula is C10H18N4O2. The number of carboxylic acid groups (broad SMARTS) is 1. The van der Waals surface area contributed by atoms with E-state index in [0.717, 1.165) is 5.82 Å². The molecule has 6 heteroatoms. The third-order valence-electron chi connectivity index (χ3n) is 2.50. The zero-order chi connectivity index (χ0) is 12.3. The molecule has 1 unspecified atom stereocenters. The zero-order valence-corrected chi connectivity index (χ0v) is 10.1. The molecule has 0 radical (unpaired) electrons. The summed E-state index contributed by atoms with van der Waals surface area (Å²) in [4.78, 5) is 10.8. The lowest BCUT2D eigenvalue weighted by atomic mass is 10.0. The van der Waals surface area contributed by atoms with Crippen LogP contribution in [0.15, 0.2) is 0 Å². The van der Waals surface area contributed by atoms with Crippen LogP contribution in [0.5, 0.6) is 0 Å². The average Bonchev–Trinajstić information content (AvgIpc) is 2.61. The van der Waals surface area contributed by atoms with Gasteiger partial charge in [-0.25, -0.2) is 4.68 Å². The van der Waals surface area contributed by atoms with E-state index in [9.17, 15) is 4.79 Å². The van der Waals surface area contributed by atoms with Crippen molar-refractivity contribution >= 4 is 5.97 Å². The molecule has 1 atom stereocenters. The molecule has 0 aliphatic rings. The Kier molecular flexibility index (Phi) is 3.98. The molecule has 0 spiro atoms. The van der Waals surface area contributed by atoms with E-state index in [1.54, 1.807) is 4.68 Å². The SMILES string of the molecule is CC(C)c1nnnn1C(CC(=O)O)C(C)C. The van der Waals surface area contributed by atoms with Crippen LogP contribution in [0.25, 0.3) is 0 Å². The molecule has 0 aromatic carbocycles. The van der Waals surface area contributed by atoms with Gasteiger partial charge in [-0.1, -0.05) is 27.7 Å². The summed E-state index contributed by atoms with van der Waals surface area (Å²) >= 11 is 0. The van der Waals surface area contributed by atoms with E-state index in [1.807, 2.05) is 27.7 Å². The molecule has 1 heterocycles. The maximum atomic E-state index is 10.8. The minimum Gasteiger partial charge on any atom is -0.481 e. The van der Waals surface area contributed by atoms with Crippen molar-refractivity contribution in [3.05, 3.63) is 5.82 Å². The van der Waals surface area contributed by atoms with Gasteiger partial charge in [0.2, 0.25) is 0 Å². The monoisotopic (exact) mass is 226 g/mol. The van der Waals surface area contributed by atoms with Gasteiger partial charge in [-0.05, 0) is 16.3 Å². The largest absolute Gasteiger partial charge is 0.481 e. The van der Waals surface area contributed by atoms with E-state index in [-0.39, 0.29) is 24.3 Å². The molecule has 1 N–H and O–H groups in total. The van der Waals surface area contributed by atoms with Crippen molar-refractivity contribution in [3.63, 3.8) is 0 Å². The Morgan fingerprint density at radius 2 is 2.00 bits per heavy atom. The third kappa shape index (κ3) is 2.77. The van der Waals surface area contributed by atoms with Crippen LogP contribution in [0.2, 0.25) is 0 Å². The predicted octanol–water partition coefficient (Wildman–Crippen LogP) is 1.47. The van der Waals surface area contributed by atoms with E-state index in [1.165, 1.54) is 0 Å². The van der Waals surface area contributed by atoms with E-state index >= 15 is 0 Å². The number of hydrogen-bond donors (Lipinski definition) is 1. The number of tetrazole rings is 1. The molecule has 1 aromatic rings. The van der Waals surface area contributed by atoms with Crippen molar-refractivity contribution in [2.45, 2.75) is 46.1 Å². The molecule has 1 rings (SSSR count). The summed E-state index contributed by atoms with van der Waals surface area (Å²) in [5, 5.41) is 20.3. The van der Waals surface area contributed by atoms with Crippen LogP contribution >= 0.6 is 0 Å². The van der Waals surface area contributed by atoms with E-state index in [2.05, 4.69) is 15.5 Å². The van der Waals surface area contributed by atoms with Gasteiger partial charge in [-0.3, -0.25) is 4.79 Å². The fourth-order valence-electron chi connectivity index (χ4n) is 1.60. The molecular weight excluding hydrogens is 208 g/mol. The summed E-state index contributed by atoms with van der Waals surface area (Å²) in [6.07, 6.45) is 0.0441. The van der Waals surface area contributed by atoms with Crippen LogP contribution in [-0.4, -0.2) is 31.3 Å². The van der Waals surface area contributed by atoms with Gasteiger partial charge in [-0.2, -0.15) is 0 Å². The van der Waals surface area contributed by atoms with E-state index in [4.69, 9.17) is 5.11 Å². The Morgan fingerprint density at radius 3 is 2.44 bits per heavy atom. The van der Waals surface area contributed by atoms with Crippen LogP contribution in [0.3, 0.4) is 0 Å². The molecule has 0 fully saturated rings. The van der Waals surface area contributed by atoms with Crippen molar-refractivity contribution in [1.29, 1.82) is 0 Å². The molecule has 1 aromatic heterocycles. The average molecular weight is 226 g/mol. The molecule has 0 saturated carbocycles. The molecule has 0 amide bonds. The summed E-state index contributed by atoms with van der Waals surface area (Å²) < 4.78 is 1.64. The molecule has 0 aliphatic heterocycles. The molecule has 0 saturated heterocycles. The summed E-state index contributed by atoms with van der Waals surface area (Å²) in [6.45, 7) is 7.92. The smallest absolute Gasteiger partial charge is 0.305 e. The number of aliphatic carboxylic acids is 1. The quantitative estimate of drug-likeness (QED) is 0.822. The standard InChI is InChI=1S/C10H18N4O2/c1-6(2)8(5-9(15)16)14-10(7(3)4)11-12-13-14/h6-8H,5H2,1-4H3,(H,15,16). The maximum Gasteiger partial charge on any atom is 0.305 e. The first kappa shape index (κ1) is 12.6. The predicted molar refractivity (Wildman–Crippen MR) is 58.0 cm³/mol. The Labute approximate surface area is 94.7 Å². The van der Waals surface area contributed by atoms with E-state index in [0.29, 0.717) is 0 Å². The van der Waals surface area contributed by atoms with Crippen LogP contribution in [0.4, 0.5) is 0 Å². The summed E-state index contributed by atoms with van der Waals surface area (Å²) in [6, 6.07) is -0.190. The van der Waals surface area contributed by atoms with Crippen LogP contribution in [0, 0.1) is 5.92 Å². The number of rotatable bonds is 5. The summed E-state index contributed by atoms with van der Waals surface area (Å²) in [7, 11) is 0. The number of nitrogens with zero attached hydrogens (tertiary/aromatic N) is 4. The second kappa shape index (κ2) is 5.05. The second-order valence-corrected chi connectivity index (χ2v) is 4.55. The van der Waals surface area contributed by atoms with Crippen LogP contribution < -0.4 is 0 Å². The highest BCUT2D eigenvalue weighted by Crippen LogP contribution is 2.24. The number of carboxylic acids is 1. The van der Waals surface area contributed by atoms with Gasteiger partial charge in [0.1, 0.15) is 0 Å². The molecule has 16 heavy (non-hydrogen) atoms. The Morgan fingerprint density at radius 1 is 1.38 bits per heavy atom. The van der Waals surface area contributed by atoms with Gasteiger partial charge < -0.3 is 5.11 Å². The lowest BCUT2D eigenvalue weighted by molar-refractivity contribution is -0.138. The van der Waals surface area contributed by atoms with Gasteiger partial charge in [0, 0.05) is 5.92 Å². The lowest BCUT2D eigenvalue weighted by Gasteiger charge is -2.20. The molecule has 0 aliphatic carbocycles. The Balaban J connectivity index is 3.01. The molecule has 6 nitrogen and oxygen atoms in total. The van der Waals surface area contributed by atoms with Crippen LogP contribution in [-0.2, 0) is 4.79 Å². The van der Waals surface area contributed by atoms with E-state index < -0.39 is 5.97 Å². The fraction of sp³-hybridized carbons (Fsp3) is 0.800. The highest BCUT2D eigenvalue weighted by Gasteiger charge is 2.24. The maximum absolute atomic E-state index is 10.8. The topological polar surface area (TPSA) is 80.9 Å². The van der Waals surface area contributed by atoms with Crippen LogP contribution in [0.1, 0.15) is 51.9 Å². The van der Waals surface area contributed by atoms with Gasteiger partial charge >= 0.3 is 5.97 Å². The highest BCUT2D eigenvalue weighted by atomic mass is 16.4. The van der Waals surface area contributed by atoms with Crippen molar-refractivity contribution in [2.75, 3.05) is 0 Å². The molecule has 90 valence electrons. The zero-order valence-electron chi connectivity index (χ0n) is 10.1. The van der Waals surface area contributed by atoms with Gasteiger partial charge in [-0.15, -0.1) is 5.10 Å². The summed E-state index contributed by atoms with van der Waals surface area (Å²) in [5.74, 6) is 0.269. The van der Waals surface area contributed by atoms with Crippen molar-refractivity contribution in [2.24, 2.45) is 5.92 Å². The second-order valence-electron chi connectivity index (χ2n) is 4.55. The first-order chi connectivity index (χ1) is 7.43. The van der Waals surface area contributed by atoms with Gasteiger partial charge in [0.25, 0.3) is 0 Å².